The summed E-state index contributed by atoms with van der Waals surface area (Å²) in [5, 5.41) is 9.23. The molecule has 7 heteroatoms. The molecular weight excluding hydrogens is 280 g/mol. The Morgan fingerprint density at radius 1 is 1.40 bits per heavy atom. The Balaban J connectivity index is 2.47. The predicted molar refractivity (Wildman–Crippen MR) is 77.7 cm³/mol. The number of aliphatic hydroxyl groups is 1. The van der Waals surface area contributed by atoms with Crippen LogP contribution in [0.2, 0.25) is 0 Å². The van der Waals surface area contributed by atoms with Gasteiger partial charge in [0.05, 0.1) is 11.9 Å². The Bertz CT molecular complexity index is 414. The first-order valence-corrected chi connectivity index (χ1v) is 8.79. The number of hydrogen-bond donors (Lipinski definition) is 1. The van der Waals surface area contributed by atoms with Crippen molar-refractivity contribution in [2.45, 2.75) is 39.2 Å². The summed E-state index contributed by atoms with van der Waals surface area (Å²) in [5.74, 6) is 0.0661. The quantitative estimate of drug-likeness (QED) is 0.764. The smallest absolute Gasteiger partial charge is 0.225 e. The molecule has 0 aromatic heterocycles. The Morgan fingerprint density at radius 3 is 2.40 bits per heavy atom. The number of sulfonamides is 1. The summed E-state index contributed by atoms with van der Waals surface area (Å²) >= 11 is 0. The van der Waals surface area contributed by atoms with Crippen molar-refractivity contribution in [1.82, 2.24) is 9.21 Å². The summed E-state index contributed by atoms with van der Waals surface area (Å²) < 4.78 is 25.0. The maximum absolute atomic E-state index is 12.2. The number of piperidine rings is 1. The monoisotopic (exact) mass is 306 g/mol. The molecule has 1 fully saturated rings. The lowest BCUT2D eigenvalue weighted by Gasteiger charge is -2.32. The van der Waals surface area contributed by atoms with Crippen molar-refractivity contribution >= 4 is 15.9 Å². The molecule has 1 N–H and O–H groups in total. The minimum Gasteiger partial charge on any atom is -0.393 e. The van der Waals surface area contributed by atoms with E-state index in [9.17, 15) is 18.3 Å². The summed E-state index contributed by atoms with van der Waals surface area (Å²) in [5.41, 5.74) is 0. The Kier molecular flexibility index (Phi) is 6.42. The van der Waals surface area contributed by atoms with Crippen LogP contribution in [0.1, 0.15) is 33.1 Å². The fraction of sp³-hybridized carbons (Fsp3) is 0.923. The Hall–Kier alpha value is -0.660. The lowest BCUT2D eigenvalue weighted by Crippen LogP contribution is -2.44. The number of carbonyl (C=O) groups is 1. The average Bonchev–Trinajstić information content (AvgIpc) is 2.44. The molecule has 1 unspecified atom stereocenters. The van der Waals surface area contributed by atoms with Gasteiger partial charge in [-0.15, -0.1) is 0 Å². The average molecular weight is 306 g/mol. The number of rotatable bonds is 6. The number of hydrogen-bond acceptors (Lipinski definition) is 4. The van der Waals surface area contributed by atoms with E-state index in [-0.39, 0.29) is 17.6 Å². The first-order valence-electron chi connectivity index (χ1n) is 7.18. The van der Waals surface area contributed by atoms with Gasteiger partial charge in [0.2, 0.25) is 15.9 Å². The van der Waals surface area contributed by atoms with Gasteiger partial charge in [0.25, 0.3) is 0 Å². The van der Waals surface area contributed by atoms with E-state index in [1.807, 2.05) is 0 Å². The zero-order valence-electron chi connectivity index (χ0n) is 12.6. The molecule has 1 rings (SSSR count). The van der Waals surface area contributed by atoms with Crippen LogP contribution in [0.5, 0.6) is 0 Å². The van der Waals surface area contributed by atoms with Crippen LogP contribution in [0.4, 0.5) is 0 Å². The second kappa shape index (κ2) is 7.38. The first-order chi connectivity index (χ1) is 9.27. The molecule has 1 heterocycles. The van der Waals surface area contributed by atoms with Crippen molar-refractivity contribution in [2.75, 3.05) is 32.4 Å². The normalized spacial score (nSPS) is 19.8. The highest BCUT2D eigenvalue weighted by atomic mass is 32.2. The van der Waals surface area contributed by atoms with Crippen LogP contribution < -0.4 is 0 Å². The third-order valence-electron chi connectivity index (χ3n) is 3.82. The highest BCUT2D eigenvalue weighted by Crippen LogP contribution is 2.21. The number of nitrogens with zero attached hydrogens (tertiary/aromatic N) is 2. The fourth-order valence-corrected chi connectivity index (χ4v) is 3.50. The molecule has 0 bridgehead atoms. The van der Waals surface area contributed by atoms with Crippen LogP contribution in [0.3, 0.4) is 0 Å². The van der Waals surface area contributed by atoms with Gasteiger partial charge >= 0.3 is 0 Å². The van der Waals surface area contributed by atoms with Gasteiger partial charge in [0, 0.05) is 32.6 Å². The number of amides is 1. The fourth-order valence-electron chi connectivity index (χ4n) is 2.37. The highest BCUT2D eigenvalue weighted by molar-refractivity contribution is 7.89. The van der Waals surface area contributed by atoms with Crippen LogP contribution >= 0.6 is 0 Å². The van der Waals surface area contributed by atoms with Gasteiger partial charge in [0.1, 0.15) is 0 Å². The van der Waals surface area contributed by atoms with Crippen molar-refractivity contribution in [3.05, 3.63) is 0 Å². The number of carbonyl (C=O) groups excluding carboxylic acids is 1. The summed E-state index contributed by atoms with van der Waals surface area (Å²) in [4.78, 5) is 13.9. The van der Waals surface area contributed by atoms with Crippen molar-refractivity contribution in [2.24, 2.45) is 5.92 Å². The molecule has 0 aliphatic carbocycles. The van der Waals surface area contributed by atoms with E-state index >= 15 is 0 Å². The van der Waals surface area contributed by atoms with Gasteiger partial charge in [-0.05, 0) is 33.1 Å². The van der Waals surface area contributed by atoms with Crippen LogP contribution in [-0.4, -0.2) is 67.2 Å². The van der Waals surface area contributed by atoms with Crippen molar-refractivity contribution < 1.29 is 18.3 Å². The van der Waals surface area contributed by atoms with E-state index in [2.05, 4.69) is 0 Å². The first kappa shape index (κ1) is 17.4. The third kappa shape index (κ3) is 4.71. The molecule has 0 saturated carbocycles. The molecule has 20 heavy (non-hydrogen) atoms. The third-order valence-corrected chi connectivity index (χ3v) is 5.70. The Labute approximate surface area is 121 Å². The molecule has 0 radical (unpaired) electrons. The molecule has 0 aromatic rings. The minimum atomic E-state index is -3.14. The largest absolute Gasteiger partial charge is 0.393 e. The van der Waals surface area contributed by atoms with Crippen molar-refractivity contribution in [1.29, 1.82) is 0 Å². The van der Waals surface area contributed by atoms with Crippen LogP contribution in [-0.2, 0) is 14.8 Å². The minimum absolute atomic E-state index is 0.0548. The van der Waals surface area contributed by atoms with Crippen molar-refractivity contribution in [3.8, 4) is 0 Å². The summed E-state index contributed by atoms with van der Waals surface area (Å²) in [7, 11) is -1.40. The molecule has 0 spiro atoms. The zero-order chi connectivity index (χ0) is 15.3. The molecule has 1 atom stereocenters. The second-order valence-corrected chi connectivity index (χ2v) is 7.73. The lowest BCUT2D eigenvalue weighted by molar-refractivity contribution is -0.135. The summed E-state index contributed by atoms with van der Waals surface area (Å²) in [6.07, 6.45) is 1.31. The van der Waals surface area contributed by atoms with E-state index in [0.717, 1.165) is 0 Å². The van der Waals surface area contributed by atoms with E-state index in [1.54, 1.807) is 25.8 Å². The van der Waals surface area contributed by atoms with E-state index in [1.165, 1.54) is 4.31 Å². The molecule has 1 saturated heterocycles. The topological polar surface area (TPSA) is 77.9 Å². The highest BCUT2D eigenvalue weighted by Gasteiger charge is 2.31. The maximum atomic E-state index is 12.2. The molecule has 1 aliphatic rings. The van der Waals surface area contributed by atoms with E-state index in [0.29, 0.717) is 38.9 Å². The predicted octanol–water partition coefficient (Wildman–Crippen LogP) is 0.277. The zero-order valence-corrected chi connectivity index (χ0v) is 13.4. The lowest BCUT2D eigenvalue weighted by atomic mass is 9.96. The van der Waals surface area contributed by atoms with Crippen LogP contribution in [0.15, 0.2) is 0 Å². The molecule has 0 aromatic carbocycles. The van der Waals surface area contributed by atoms with E-state index in [4.69, 9.17) is 0 Å². The van der Waals surface area contributed by atoms with Gasteiger partial charge in [-0.2, -0.15) is 0 Å². The molecule has 118 valence electrons. The Morgan fingerprint density at radius 2 is 1.95 bits per heavy atom. The van der Waals surface area contributed by atoms with Gasteiger partial charge in [0.15, 0.2) is 0 Å². The van der Waals surface area contributed by atoms with Gasteiger partial charge < -0.3 is 10.0 Å². The standard InChI is InChI=1S/C13H26N2O4S/c1-4-20(18,19)15-9-6-12(7-10-15)13(17)14(3)8-5-11(2)16/h11-12,16H,4-10H2,1-3H3. The van der Waals surface area contributed by atoms with Crippen LogP contribution in [0.25, 0.3) is 0 Å². The maximum Gasteiger partial charge on any atom is 0.225 e. The van der Waals surface area contributed by atoms with Gasteiger partial charge in [-0.3, -0.25) is 4.79 Å². The van der Waals surface area contributed by atoms with Crippen LogP contribution in [0, 0.1) is 5.92 Å². The van der Waals surface area contributed by atoms with Gasteiger partial charge in [-0.25, -0.2) is 12.7 Å². The molecule has 1 amide bonds. The summed E-state index contributed by atoms with van der Waals surface area (Å²) in [6, 6.07) is 0. The summed E-state index contributed by atoms with van der Waals surface area (Å²) in [6.45, 7) is 4.72. The molecular formula is C13H26N2O4S. The molecule has 1 aliphatic heterocycles. The second-order valence-electron chi connectivity index (χ2n) is 5.47. The van der Waals surface area contributed by atoms with E-state index < -0.39 is 16.1 Å². The SMILES string of the molecule is CCS(=O)(=O)N1CCC(C(=O)N(C)CCC(C)O)CC1. The molecule has 6 nitrogen and oxygen atoms in total. The number of aliphatic hydroxyl groups excluding tert-OH is 1. The van der Waals surface area contributed by atoms with Gasteiger partial charge in [-0.1, -0.05) is 0 Å². The van der Waals surface area contributed by atoms with Crippen molar-refractivity contribution in [3.63, 3.8) is 0 Å².